The van der Waals surface area contributed by atoms with E-state index in [-0.39, 0.29) is 18.3 Å². The molecule has 0 aliphatic heterocycles. The lowest BCUT2D eigenvalue weighted by Crippen LogP contribution is -2.23. The monoisotopic (exact) mass is 349 g/mol. The number of aryl methyl sites for hydroxylation is 1. The van der Waals surface area contributed by atoms with Gasteiger partial charge in [0.25, 0.3) is 5.91 Å². The molecule has 26 heavy (non-hydrogen) atoms. The molecule has 0 radical (unpaired) electrons. The van der Waals surface area contributed by atoms with E-state index in [9.17, 15) is 9.18 Å². The first kappa shape index (κ1) is 17.6. The highest BCUT2D eigenvalue weighted by Crippen LogP contribution is 2.22. The molecule has 2 N–H and O–H groups in total. The van der Waals surface area contributed by atoms with Crippen LogP contribution in [0.2, 0.25) is 0 Å². The number of nitrogens with zero attached hydrogens (tertiary/aromatic N) is 1. The lowest BCUT2D eigenvalue weighted by atomic mass is 10.1. The van der Waals surface area contributed by atoms with Gasteiger partial charge < -0.3 is 10.6 Å². The van der Waals surface area contributed by atoms with Gasteiger partial charge in [0.1, 0.15) is 5.82 Å². The third-order valence-electron chi connectivity index (χ3n) is 4.28. The van der Waals surface area contributed by atoms with Crippen molar-refractivity contribution in [2.45, 2.75) is 20.4 Å². The molecule has 3 aromatic rings. The summed E-state index contributed by atoms with van der Waals surface area (Å²) in [5.74, 6) is -0.637. The number of hydrogen-bond acceptors (Lipinski definition) is 3. The lowest BCUT2D eigenvalue weighted by molar-refractivity contribution is 0.0950. The third kappa shape index (κ3) is 4.06. The zero-order chi connectivity index (χ0) is 18.5. The van der Waals surface area contributed by atoms with Gasteiger partial charge in [0.2, 0.25) is 0 Å². The summed E-state index contributed by atoms with van der Waals surface area (Å²) in [6.45, 7) is 4.21. The minimum atomic E-state index is -0.337. The first-order valence-electron chi connectivity index (χ1n) is 8.34. The molecule has 0 fully saturated rings. The van der Waals surface area contributed by atoms with Crippen LogP contribution in [0, 0.1) is 19.7 Å². The van der Waals surface area contributed by atoms with Gasteiger partial charge in [0, 0.05) is 24.0 Å². The Morgan fingerprint density at radius 3 is 2.69 bits per heavy atom. The number of halogens is 1. The zero-order valence-electron chi connectivity index (χ0n) is 14.7. The molecule has 0 saturated carbocycles. The minimum absolute atomic E-state index is 0.125. The van der Waals surface area contributed by atoms with Gasteiger partial charge in [-0.05, 0) is 43.2 Å². The fourth-order valence-electron chi connectivity index (χ4n) is 2.59. The van der Waals surface area contributed by atoms with Gasteiger partial charge >= 0.3 is 0 Å². The lowest BCUT2D eigenvalue weighted by Gasteiger charge is -2.12. The molecule has 2 aromatic carbocycles. The number of carbonyl (C=O) groups excluding carboxylic acids is 1. The van der Waals surface area contributed by atoms with Crippen LogP contribution in [0.25, 0.3) is 0 Å². The Hall–Kier alpha value is -3.21. The van der Waals surface area contributed by atoms with E-state index in [1.54, 1.807) is 30.5 Å². The molecular formula is C21H20FN3O. The van der Waals surface area contributed by atoms with Gasteiger partial charge in [-0.3, -0.25) is 9.78 Å². The molecule has 0 aliphatic rings. The number of benzene rings is 2. The Bertz CT molecular complexity index is 940. The van der Waals surface area contributed by atoms with Gasteiger partial charge in [-0.25, -0.2) is 4.39 Å². The summed E-state index contributed by atoms with van der Waals surface area (Å²) in [6, 6.07) is 14.1. The van der Waals surface area contributed by atoms with E-state index in [0.29, 0.717) is 11.1 Å². The van der Waals surface area contributed by atoms with Gasteiger partial charge in [0.15, 0.2) is 0 Å². The van der Waals surface area contributed by atoms with Gasteiger partial charge in [-0.1, -0.05) is 30.3 Å². The van der Waals surface area contributed by atoms with Gasteiger partial charge in [-0.2, -0.15) is 0 Å². The number of amides is 1. The standard InChI is InChI=1S/C21H20FN3O/c1-14-6-5-9-20(15(14)2)25-18-10-17(11-23-13-18)21(26)24-12-16-7-3-4-8-19(16)22/h3-11,13,25H,12H2,1-2H3,(H,24,26). The normalized spacial score (nSPS) is 10.4. The first-order valence-corrected chi connectivity index (χ1v) is 8.34. The van der Waals surface area contributed by atoms with Gasteiger partial charge in [0.05, 0.1) is 17.4 Å². The van der Waals surface area contributed by atoms with Crippen molar-refractivity contribution in [2.75, 3.05) is 5.32 Å². The number of anilines is 2. The zero-order valence-corrected chi connectivity index (χ0v) is 14.7. The Morgan fingerprint density at radius 1 is 1.08 bits per heavy atom. The van der Waals surface area contributed by atoms with E-state index in [1.165, 1.54) is 17.8 Å². The van der Waals surface area contributed by atoms with E-state index in [4.69, 9.17) is 0 Å². The number of carbonyl (C=O) groups is 1. The summed E-state index contributed by atoms with van der Waals surface area (Å²) >= 11 is 0. The predicted octanol–water partition coefficient (Wildman–Crippen LogP) is 4.51. The molecular weight excluding hydrogens is 329 g/mol. The van der Waals surface area contributed by atoms with Crippen molar-refractivity contribution in [2.24, 2.45) is 0 Å². The SMILES string of the molecule is Cc1cccc(Nc2cncc(C(=O)NCc3ccccc3F)c2)c1C. The fraction of sp³-hybridized carbons (Fsp3) is 0.143. The Kier molecular flexibility index (Phi) is 5.27. The van der Waals surface area contributed by atoms with Crippen LogP contribution in [-0.2, 0) is 6.54 Å². The van der Waals surface area contributed by atoms with Crippen LogP contribution in [0.15, 0.2) is 60.9 Å². The minimum Gasteiger partial charge on any atom is -0.354 e. The third-order valence-corrected chi connectivity index (χ3v) is 4.28. The molecule has 4 nitrogen and oxygen atoms in total. The van der Waals surface area contributed by atoms with E-state index in [0.717, 1.165) is 16.9 Å². The van der Waals surface area contributed by atoms with Crippen LogP contribution in [0.4, 0.5) is 15.8 Å². The Labute approximate surface area is 152 Å². The molecule has 0 unspecified atom stereocenters. The van der Waals surface area contributed by atoms with Crippen molar-refractivity contribution < 1.29 is 9.18 Å². The van der Waals surface area contributed by atoms with E-state index < -0.39 is 0 Å². The Morgan fingerprint density at radius 2 is 1.88 bits per heavy atom. The number of aromatic nitrogens is 1. The van der Waals surface area contributed by atoms with E-state index >= 15 is 0 Å². The quantitative estimate of drug-likeness (QED) is 0.712. The smallest absolute Gasteiger partial charge is 0.253 e. The fourth-order valence-corrected chi connectivity index (χ4v) is 2.59. The number of pyridine rings is 1. The highest BCUT2D eigenvalue weighted by atomic mass is 19.1. The first-order chi connectivity index (χ1) is 12.5. The highest BCUT2D eigenvalue weighted by Gasteiger charge is 2.09. The van der Waals surface area contributed by atoms with Crippen molar-refractivity contribution in [3.05, 3.63) is 89.0 Å². The maximum Gasteiger partial charge on any atom is 0.253 e. The van der Waals surface area contributed by atoms with Crippen LogP contribution < -0.4 is 10.6 Å². The van der Waals surface area contributed by atoms with Crippen LogP contribution in [0.3, 0.4) is 0 Å². The molecule has 0 aliphatic carbocycles. The second-order valence-electron chi connectivity index (χ2n) is 6.11. The summed E-state index contributed by atoms with van der Waals surface area (Å²) in [5, 5.41) is 6.01. The van der Waals surface area contributed by atoms with E-state index in [1.807, 2.05) is 32.0 Å². The number of rotatable bonds is 5. The van der Waals surface area contributed by atoms with Crippen molar-refractivity contribution in [3.8, 4) is 0 Å². The summed E-state index contributed by atoms with van der Waals surface area (Å²) in [5.41, 5.74) is 4.87. The molecule has 1 amide bonds. The molecule has 1 aromatic heterocycles. The molecule has 0 bridgehead atoms. The second-order valence-corrected chi connectivity index (χ2v) is 6.11. The maximum absolute atomic E-state index is 13.6. The summed E-state index contributed by atoms with van der Waals surface area (Å²) in [4.78, 5) is 16.5. The number of hydrogen-bond donors (Lipinski definition) is 2. The molecule has 0 spiro atoms. The van der Waals surface area contributed by atoms with Crippen molar-refractivity contribution in [3.63, 3.8) is 0 Å². The van der Waals surface area contributed by atoms with Crippen molar-refractivity contribution >= 4 is 17.3 Å². The number of nitrogens with one attached hydrogen (secondary N) is 2. The topological polar surface area (TPSA) is 54.0 Å². The molecule has 5 heteroatoms. The average molecular weight is 349 g/mol. The largest absolute Gasteiger partial charge is 0.354 e. The predicted molar refractivity (Wildman–Crippen MR) is 101 cm³/mol. The van der Waals surface area contributed by atoms with Gasteiger partial charge in [-0.15, -0.1) is 0 Å². The van der Waals surface area contributed by atoms with Crippen LogP contribution in [0.5, 0.6) is 0 Å². The molecule has 1 heterocycles. The summed E-state index contributed by atoms with van der Waals surface area (Å²) in [7, 11) is 0. The van der Waals surface area contributed by atoms with Crippen molar-refractivity contribution in [1.29, 1.82) is 0 Å². The van der Waals surface area contributed by atoms with E-state index in [2.05, 4.69) is 15.6 Å². The molecule has 0 saturated heterocycles. The molecule has 3 rings (SSSR count). The van der Waals surface area contributed by atoms with Crippen LogP contribution in [0.1, 0.15) is 27.0 Å². The van der Waals surface area contributed by atoms with Crippen LogP contribution in [-0.4, -0.2) is 10.9 Å². The average Bonchev–Trinajstić information content (AvgIpc) is 2.65. The maximum atomic E-state index is 13.6. The second kappa shape index (κ2) is 7.78. The summed E-state index contributed by atoms with van der Waals surface area (Å²) in [6.07, 6.45) is 3.15. The molecule has 0 atom stereocenters. The van der Waals surface area contributed by atoms with Crippen molar-refractivity contribution in [1.82, 2.24) is 10.3 Å². The Balaban J connectivity index is 1.71. The summed E-state index contributed by atoms with van der Waals surface area (Å²) < 4.78 is 13.6. The van der Waals surface area contributed by atoms with Crippen LogP contribution >= 0.6 is 0 Å². The highest BCUT2D eigenvalue weighted by molar-refractivity contribution is 5.94. The molecule has 132 valence electrons.